The fraction of sp³-hybridized carbons (Fsp3) is 0.900. The molecule has 3 nitrogen and oxygen atoms in total. The molecule has 1 fully saturated rings. The zero-order valence-corrected chi connectivity index (χ0v) is 8.07. The van der Waals surface area contributed by atoms with Crippen LogP contribution in [0.25, 0.3) is 0 Å². The van der Waals surface area contributed by atoms with E-state index >= 15 is 0 Å². The van der Waals surface area contributed by atoms with Gasteiger partial charge in [0.25, 0.3) is 0 Å². The first kappa shape index (κ1) is 9.00. The number of nitrogens with zero attached hydrogens (tertiary/aromatic N) is 1. The first-order chi connectivity index (χ1) is 6.29. The van der Waals surface area contributed by atoms with Gasteiger partial charge in [0.05, 0.1) is 12.1 Å². The van der Waals surface area contributed by atoms with Crippen molar-refractivity contribution >= 4 is 5.90 Å². The Kier molecular flexibility index (Phi) is 2.54. The molecule has 1 aliphatic carbocycles. The average molecular weight is 183 g/mol. The van der Waals surface area contributed by atoms with Crippen molar-refractivity contribution in [3.8, 4) is 0 Å². The molecule has 1 heterocycles. The molecule has 13 heavy (non-hydrogen) atoms. The van der Waals surface area contributed by atoms with Crippen LogP contribution in [0, 0.1) is 0 Å². The van der Waals surface area contributed by atoms with Gasteiger partial charge >= 0.3 is 0 Å². The largest absolute Gasteiger partial charge is 0.475 e. The fourth-order valence-corrected chi connectivity index (χ4v) is 2.09. The first-order valence-corrected chi connectivity index (χ1v) is 5.21. The number of aliphatic imine (C=N–C) groups is 1. The third-order valence-corrected chi connectivity index (χ3v) is 2.79. The summed E-state index contributed by atoms with van der Waals surface area (Å²) in [7, 11) is 0. The van der Waals surface area contributed by atoms with E-state index in [1.807, 2.05) is 0 Å². The Morgan fingerprint density at radius 1 is 1.54 bits per heavy atom. The van der Waals surface area contributed by atoms with Gasteiger partial charge in [-0.2, -0.15) is 0 Å². The Hall–Kier alpha value is -0.570. The predicted octanol–water partition coefficient (Wildman–Crippen LogP) is 1.50. The molecular weight excluding hydrogens is 166 g/mol. The standard InChI is InChI=1S/C10H17NO2/c1-2-3-10-11-8-5-4-7(12)6-9(8)13-10/h7-9,12H,2-6H2,1H3. The molecule has 1 saturated carbocycles. The highest BCUT2D eigenvalue weighted by atomic mass is 16.5. The number of hydrogen-bond acceptors (Lipinski definition) is 3. The van der Waals surface area contributed by atoms with Crippen LogP contribution in [0.5, 0.6) is 0 Å². The lowest BCUT2D eigenvalue weighted by Crippen LogP contribution is -2.33. The number of aliphatic hydroxyl groups is 1. The fourth-order valence-electron chi connectivity index (χ4n) is 2.09. The zero-order valence-electron chi connectivity index (χ0n) is 8.07. The minimum Gasteiger partial charge on any atom is -0.475 e. The summed E-state index contributed by atoms with van der Waals surface area (Å²) in [5.41, 5.74) is 0. The monoisotopic (exact) mass is 183 g/mol. The van der Waals surface area contributed by atoms with Crippen molar-refractivity contribution in [2.45, 2.75) is 57.3 Å². The minimum absolute atomic E-state index is 0.169. The van der Waals surface area contributed by atoms with Gasteiger partial charge in [-0.05, 0) is 19.3 Å². The van der Waals surface area contributed by atoms with Crippen LogP contribution in [0.1, 0.15) is 39.0 Å². The average Bonchev–Trinajstić information content (AvgIpc) is 2.46. The van der Waals surface area contributed by atoms with Gasteiger partial charge < -0.3 is 9.84 Å². The van der Waals surface area contributed by atoms with E-state index in [0.717, 1.165) is 38.0 Å². The van der Waals surface area contributed by atoms with Gasteiger partial charge in [0.1, 0.15) is 6.10 Å². The SMILES string of the molecule is CCCC1=NC2CCC(O)CC2O1. The lowest BCUT2D eigenvalue weighted by Gasteiger charge is -2.26. The van der Waals surface area contributed by atoms with E-state index in [-0.39, 0.29) is 12.2 Å². The number of fused-ring (bicyclic) bond motifs is 1. The van der Waals surface area contributed by atoms with E-state index in [0.29, 0.717) is 6.04 Å². The summed E-state index contributed by atoms with van der Waals surface area (Å²) < 4.78 is 5.67. The summed E-state index contributed by atoms with van der Waals surface area (Å²) in [4.78, 5) is 4.52. The number of hydrogen-bond donors (Lipinski definition) is 1. The van der Waals surface area contributed by atoms with Gasteiger partial charge in [0.2, 0.25) is 0 Å². The van der Waals surface area contributed by atoms with Crippen LogP contribution < -0.4 is 0 Å². The third-order valence-electron chi connectivity index (χ3n) is 2.79. The van der Waals surface area contributed by atoms with Crippen LogP contribution in [0.4, 0.5) is 0 Å². The molecule has 0 bridgehead atoms. The summed E-state index contributed by atoms with van der Waals surface area (Å²) in [6, 6.07) is 0.338. The number of aliphatic hydroxyl groups excluding tert-OH is 1. The van der Waals surface area contributed by atoms with Gasteiger partial charge in [-0.25, -0.2) is 4.99 Å². The molecule has 74 valence electrons. The van der Waals surface area contributed by atoms with Crippen molar-refractivity contribution in [3.63, 3.8) is 0 Å². The lowest BCUT2D eigenvalue weighted by molar-refractivity contribution is 0.0495. The third kappa shape index (κ3) is 1.85. The lowest BCUT2D eigenvalue weighted by atomic mass is 9.91. The van der Waals surface area contributed by atoms with E-state index in [2.05, 4.69) is 11.9 Å². The Bertz CT molecular complexity index is 215. The van der Waals surface area contributed by atoms with E-state index in [4.69, 9.17) is 4.74 Å². The van der Waals surface area contributed by atoms with Crippen LogP contribution in [0.2, 0.25) is 0 Å². The second-order valence-electron chi connectivity index (χ2n) is 3.96. The highest BCUT2D eigenvalue weighted by Crippen LogP contribution is 2.29. The maximum Gasteiger partial charge on any atom is 0.184 e. The maximum atomic E-state index is 9.44. The van der Waals surface area contributed by atoms with Crippen molar-refractivity contribution in [2.75, 3.05) is 0 Å². The van der Waals surface area contributed by atoms with Crippen molar-refractivity contribution in [1.29, 1.82) is 0 Å². The highest BCUT2D eigenvalue weighted by molar-refractivity contribution is 5.78. The molecule has 1 aliphatic heterocycles. The topological polar surface area (TPSA) is 41.8 Å². The van der Waals surface area contributed by atoms with Gasteiger partial charge in [0, 0.05) is 12.8 Å². The highest BCUT2D eigenvalue weighted by Gasteiger charge is 2.35. The van der Waals surface area contributed by atoms with Crippen LogP contribution in [-0.4, -0.2) is 29.3 Å². The Balaban J connectivity index is 1.94. The number of rotatable bonds is 2. The molecule has 3 heteroatoms. The second kappa shape index (κ2) is 3.66. The summed E-state index contributed by atoms with van der Waals surface area (Å²) in [5.74, 6) is 0.909. The molecule has 0 aromatic rings. The molecule has 2 rings (SSSR count). The summed E-state index contributed by atoms with van der Waals surface area (Å²) in [6.07, 6.45) is 4.67. The molecule has 0 radical (unpaired) electrons. The Labute approximate surface area is 78.8 Å². The molecule has 0 spiro atoms. The molecule has 0 aromatic carbocycles. The molecule has 0 aromatic heterocycles. The quantitative estimate of drug-likeness (QED) is 0.704. The summed E-state index contributed by atoms with van der Waals surface area (Å²) >= 11 is 0. The Morgan fingerprint density at radius 3 is 3.15 bits per heavy atom. The van der Waals surface area contributed by atoms with Crippen molar-refractivity contribution in [2.24, 2.45) is 4.99 Å². The Morgan fingerprint density at radius 2 is 2.38 bits per heavy atom. The first-order valence-electron chi connectivity index (χ1n) is 5.21. The zero-order chi connectivity index (χ0) is 9.26. The van der Waals surface area contributed by atoms with Gasteiger partial charge in [-0.15, -0.1) is 0 Å². The molecule has 2 aliphatic rings. The molecule has 0 saturated heterocycles. The minimum atomic E-state index is -0.169. The van der Waals surface area contributed by atoms with E-state index < -0.39 is 0 Å². The van der Waals surface area contributed by atoms with Crippen molar-refractivity contribution < 1.29 is 9.84 Å². The van der Waals surface area contributed by atoms with E-state index in [1.54, 1.807) is 0 Å². The van der Waals surface area contributed by atoms with Gasteiger partial charge in [-0.1, -0.05) is 6.92 Å². The summed E-state index contributed by atoms with van der Waals surface area (Å²) in [5, 5.41) is 9.44. The predicted molar refractivity (Wildman–Crippen MR) is 50.9 cm³/mol. The van der Waals surface area contributed by atoms with Crippen LogP contribution in [-0.2, 0) is 4.74 Å². The molecule has 1 N–H and O–H groups in total. The molecular formula is C10H17NO2. The normalized spacial score (nSPS) is 38.0. The summed E-state index contributed by atoms with van der Waals surface area (Å²) in [6.45, 7) is 2.13. The van der Waals surface area contributed by atoms with Gasteiger partial charge in [-0.3, -0.25) is 0 Å². The van der Waals surface area contributed by atoms with Gasteiger partial charge in [0.15, 0.2) is 5.90 Å². The van der Waals surface area contributed by atoms with Crippen LogP contribution >= 0.6 is 0 Å². The van der Waals surface area contributed by atoms with E-state index in [1.165, 1.54) is 0 Å². The van der Waals surface area contributed by atoms with Crippen LogP contribution in [0.15, 0.2) is 4.99 Å². The van der Waals surface area contributed by atoms with E-state index in [9.17, 15) is 5.11 Å². The number of ether oxygens (including phenoxy) is 1. The molecule has 0 amide bonds. The van der Waals surface area contributed by atoms with Crippen molar-refractivity contribution in [3.05, 3.63) is 0 Å². The van der Waals surface area contributed by atoms with Crippen LogP contribution in [0.3, 0.4) is 0 Å². The molecule has 3 unspecified atom stereocenters. The molecule has 3 atom stereocenters. The maximum absolute atomic E-state index is 9.44. The second-order valence-corrected chi connectivity index (χ2v) is 3.96. The van der Waals surface area contributed by atoms with Crippen molar-refractivity contribution in [1.82, 2.24) is 0 Å². The smallest absolute Gasteiger partial charge is 0.184 e.